The minimum absolute atomic E-state index is 0.0566. The number of likely N-dealkylation sites (N-methyl/N-ethyl adjacent to an activating group) is 1. The van der Waals surface area contributed by atoms with Crippen LogP contribution >= 0.6 is 11.6 Å². The predicted octanol–water partition coefficient (Wildman–Crippen LogP) is 5.62. The molecule has 2 amide bonds. The molecule has 4 aromatic rings. The Morgan fingerprint density at radius 1 is 0.833 bits per heavy atom. The Hall–Kier alpha value is -4.14. The van der Waals surface area contributed by atoms with Crippen LogP contribution in [0.3, 0.4) is 0 Å². The first-order chi connectivity index (χ1) is 20.2. The molecule has 0 bridgehead atoms. The minimum atomic E-state index is -4.14. The lowest BCUT2D eigenvalue weighted by atomic mass is 10.0. The highest BCUT2D eigenvalue weighted by atomic mass is 35.5. The number of para-hydroxylation sites is 1. The first kappa shape index (κ1) is 30.8. The number of benzene rings is 4. The third-order valence-corrected chi connectivity index (χ3v) is 8.87. The van der Waals surface area contributed by atoms with E-state index in [0.29, 0.717) is 28.4 Å². The number of sulfonamides is 1. The first-order valence-electron chi connectivity index (χ1n) is 13.7. The molecule has 0 spiro atoms. The van der Waals surface area contributed by atoms with Gasteiger partial charge in [0.25, 0.3) is 10.0 Å². The Kier molecular flexibility index (Phi) is 10.4. The fourth-order valence-corrected chi connectivity index (χ4v) is 6.47. The summed E-state index contributed by atoms with van der Waals surface area (Å²) < 4.78 is 29.1. The maximum Gasteiger partial charge on any atom is 0.264 e. The Balaban J connectivity index is 1.80. The maximum atomic E-state index is 14.4. The number of nitrogens with one attached hydrogen (secondary N) is 1. The Morgan fingerprint density at radius 2 is 1.45 bits per heavy atom. The van der Waals surface area contributed by atoms with Crippen LogP contribution in [0.5, 0.6) is 0 Å². The molecule has 0 fully saturated rings. The largest absolute Gasteiger partial charge is 0.355 e. The average Bonchev–Trinajstić information content (AvgIpc) is 2.99. The van der Waals surface area contributed by atoms with Gasteiger partial charge in [0.15, 0.2) is 0 Å². The molecule has 0 saturated carbocycles. The van der Waals surface area contributed by atoms with Crippen LogP contribution in [-0.2, 0) is 32.6 Å². The molecule has 1 atom stereocenters. The molecule has 218 valence electrons. The summed E-state index contributed by atoms with van der Waals surface area (Å²) in [7, 11) is -4.14. The summed E-state index contributed by atoms with van der Waals surface area (Å²) >= 11 is 6.27. The molecule has 0 radical (unpaired) electrons. The molecular weight excluding hydrogens is 570 g/mol. The molecule has 4 aromatic carbocycles. The normalized spacial score (nSPS) is 11.9. The summed E-state index contributed by atoms with van der Waals surface area (Å²) in [5.74, 6) is -0.852. The highest BCUT2D eigenvalue weighted by Crippen LogP contribution is 2.27. The molecule has 1 N–H and O–H groups in total. The van der Waals surface area contributed by atoms with Gasteiger partial charge in [-0.3, -0.25) is 13.9 Å². The zero-order valence-electron chi connectivity index (χ0n) is 23.6. The van der Waals surface area contributed by atoms with Crippen molar-refractivity contribution in [1.82, 2.24) is 10.2 Å². The number of carbonyl (C=O) groups excluding carboxylic acids is 2. The van der Waals surface area contributed by atoms with Gasteiger partial charge >= 0.3 is 0 Å². The topological polar surface area (TPSA) is 86.8 Å². The first-order valence-corrected chi connectivity index (χ1v) is 15.5. The van der Waals surface area contributed by atoms with Gasteiger partial charge < -0.3 is 10.2 Å². The van der Waals surface area contributed by atoms with Gasteiger partial charge in [0, 0.05) is 24.5 Å². The monoisotopic (exact) mass is 603 g/mol. The molecule has 0 heterocycles. The van der Waals surface area contributed by atoms with Gasteiger partial charge in [-0.05, 0) is 60.9 Å². The molecule has 4 rings (SSSR count). The molecule has 42 heavy (non-hydrogen) atoms. The van der Waals surface area contributed by atoms with Gasteiger partial charge in [0.05, 0.1) is 10.6 Å². The van der Waals surface area contributed by atoms with Gasteiger partial charge in [0.1, 0.15) is 12.6 Å². The molecule has 0 aliphatic rings. The second-order valence-corrected chi connectivity index (χ2v) is 12.2. The van der Waals surface area contributed by atoms with Crippen LogP contribution in [0.4, 0.5) is 5.69 Å². The molecule has 0 aliphatic carbocycles. The molecule has 0 unspecified atom stereocenters. The summed E-state index contributed by atoms with van der Waals surface area (Å²) in [6.07, 6.45) is 0.245. The van der Waals surface area contributed by atoms with Crippen LogP contribution in [0.15, 0.2) is 114 Å². The van der Waals surface area contributed by atoms with Crippen molar-refractivity contribution in [2.24, 2.45) is 0 Å². The van der Waals surface area contributed by atoms with Crippen molar-refractivity contribution in [3.05, 3.63) is 131 Å². The SMILES string of the molecule is CCNC(=O)[C@H](Cc1ccccc1)N(Cc1cccc(Cl)c1)C(=O)CN(c1ccccc1C)S(=O)(=O)c1ccccc1. The lowest BCUT2D eigenvalue weighted by Gasteiger charge is -2.34. The lowest BCUT2D eigenvalue weighted by molar-refractivity contribution is -0.140. The maximum absolute atomic E-state index is 14.4. The van der Waals surface area contributed by atoms with Crippen LogP contribution in [-0.4, -0.2) is 44.3 Å². The number of carbonyl (C=O) groups is 2. The average molecular weight is 604 g/mol. The van der Waals surface area contributed by atoms with Crippen LogP contribution in [0.1, 0.15) is 23.6 Å². The quantitative estimate of drug-likeness (QED) is 0.228. The van der Waals surface area contributed by atoms with Crippen molar-refractivity contribution in [2.45, 2.75) is 37.8 Å². The van der Waals surface area contributed by atoms with Crippen molar-refractivity contribution in [3.8, 4) is 0 Å². The predicted molar refractivity (Wildman–Crippen MR) is 167 cm³/mol. The third kappa shape index (κ3) is 7.57. The van der Waals surface area contributed by atoms with E-state index < -0.39 is 28.5 Å². The smallest absolute Gasteiger partial charge is 0.264 e. The molecule has 0 aromatic heterocycles. The number of hydrogen-bond acceptors (Lipinski definition) is 4. The number of aryl methyl sites for hydroxylation is 1. The summed E-state index contributed by atoms with van der Waals surface area (Å²) in [4.78, 5) is 29.4. The minimum Gasteiger partial charge on any atom is -0.355 e. The van der Waals surface area contributed by atoms with E-state index in [2.05, 4.69) is 5.32 Å². The number of amides is 2. The molecular formula is C33H34ClN3O4S. The van der Waals surface area contributed by atoms with Crippen LogP contribution in [0.2, 0.25) is 5.02 Å². The summed E-state index contributed by atoms with van der Waals surface area (Å²) in [6, 6.07) is 30.6. The fraction of sp³-hybridized carbons (Fsp3) is 0.212. The Labute approximate surface area is 252 Å². The second-order valence-electron chi connectivity index (χ2n) is 9.86. The van der Waals surface area contributed by atoms with Crippen LogP contribution < -0.4 is 9.62 Å². The lowest BCUT2D eigenvalue weighted by Crippen LogP contribution is -2.53. The van der Waals surface area contributed by atoms with E-state index in [1.807, 2.05) is 49.4 Å². The molecule has 7 nitrogen and oxygen atoms in total. The van der Waals surface area contributed by atoms with Crippen molar-refractivity contribution < 1.29 is 18.0 Å². The van der Waals surface area contributed by atoms with E-state index in [1.165, 1.54) is 17.0 Å². The van der Waals surface area contributed by atoms with Crippen molar-refractivity contribution in [1.29, 1.82) is 0 Å². The van der Waals surface area contributed by atoms with Crippen molar-refractivity contribution in [2.75, 3.05) is 17.4 Å². The standard InChI is InChI=1S/C33H34ClN3O4S/c1-3-35-33(39)31(22-26-14-6-4-7-15-26)36(23-27-16-12-17-28(34)21-27)32(38)24-37(30-20-11-10-13-25(30)2)42(40,41)29-18-8-5-9-19-29/h4-21,31H,3,22-24H2,1-2H3,(H,35,39)/t31-/m0/s1. The molecule has 9 heteroatoms. The van der Waals surface area contributed by atoms with Crippen molar-refractivity contribution >= 4 is 39.1 Å². The van der Waals surface area contributed by atoms with Gasteiger partial charge in [-0.25, -0.2) is 8.42 Å². The zero-order chi connectivity index (χ0) is 30.1. The Bertz CT molecular complexity index is 1610. The second kappa shape index (κ2) is 14.2. The number of hydrogen-bond donors (Lipinski definition) is 1. The molecule has 0 saturated heterocycles. The number of anilines is 1. The van der Waals surface area contributed by atoms with Gasteiger partial charge in [-0.2, -0.15) is 0 Å². The zero-order valence-corrected chi connectivity index (χ0v) is 25.2. The molecule has 0 aliphatic heterocycles. The van der Waals surface area contributed by atoms with Crippen LogP contribution in [0, 0.1) is 6.92 Å². The van der Waals surface area contributed by atoms with E-state index in [-0.39, 0.29) is 23.8 Å². The van der Waals surface area contributed by atoms with Crippen LogP contribution in [0.25, 0.3) is 0 Å². The number of rotatable bonds is 12. The summed E-state index contributed by atoms with van der Waals surface area (Å²) in [5, 5.41) is 3.35. The van der Waals surface area contributed by atoms with E-state index in [4.69, 9.17) is 11.6 Å². The van der Waals surface area contributed by atoms with Gasteiger partial charge in [-0.1, -0.05) is 90.5 Å². The summed E-state index contributed by atoms with van der Waals surface area (Å²) in [5.41, 5.74) is 2.66. The van der Waals surface area contributed by atoms with E-state index in [1.54, 1.807) is 61.5 Å². The number of halogens is 1. The van der Waals surface area contributed by atoms with Crippen molar-refractivity contribution in [3.63, 3.8) is 0 Å². The highest BCUT2D eigenvalue weighted by Gasteiger charge is 2.34. The van der Waals surface area contributed by atoms with Gasteiger partial charge in [0.2, 0.25) is 11.8 Å². The number of nitrogens with zero attached hydrogens (tertiary/aromatic N) is 2. The van der Waals surface area contributed by atoms with E-state index in [9.17, 15) is 18.0 Å². The highest BCUT2D eigenvalue weighted by molar-refractivity contribution is 7.92. The van der Waals surface area contributed by atoms with Gasteiger partial charge in [-0.15, -0.1) is 0 Å². The third-order valence-electron chi connectivity index (χ3n) is 6.86. The fourth-order valence-electron chi connectivity index (χ4n) is 4.75. The van der Waals surface area contributed by atoms with E-state index in [0.717, 1.165) is 9.87 Å². The summed E-state index contributed by atoms with van der Waals surface area (Å²) in [6.45, 7) is 3.53. The Morgan fingerprint density at radius 3 is 2.10 bits per heavy atom. The van der Waals surface area contributed by atoms with E-state index >= 15 is 0 Å².